The van der Waals surface area contributed by atoms with E-state index in [1.165, 1.54) is 0 Å². The maximum atomic E-state index is 14.2. The lowest BCUT2D eigenvalue weighted by atomic mass is 10.1. The number of hydrogen-bond acceptors (Lipinski definition) is 2. The second-order valence-electron chi connectivity index (χ2n) is 5.75. The summed E-state index contributed by atoms with van der Waals surface area (Å²) in [6.07, 6.45) is 5.03. The Morgan fingerprint density at radius 2 is 2.04 bits per heavy atom. The van der Waals surface area contributed by atoms with Gasteiger partial charge in [-0.25, -0.2) is 4.39 Å². The summed E-state index contributed by atoms with van der Waals surface area (Å²) in [6, 6.07) is 1.54. The van der Waals surface area contributed by atoms with Crippen molar-refractivity contribution in [1.82, 2.24) is 10.3 Å². The van der Waals surface area contributed by atoms with E-state index in [0.717, 1.165) is 18.4 Å². The molecular formula is C18H24F2N2O2. The number of aromatic nitrogens is 1. The molecule has 2 N–H and O–H groups in total. The average molecular weight is 338 g/mol. The molecular weight excluding hydrogens is 314 g/mol. The number of rotatable bonds is 9. The molecule has 6 heteroatoms. The van der Waals surface area contributed by atoms with Gasteiger partial charge in [0.2, 0.25) is 11.7 Å². The number of hydrogen-bond donors (Lipinski definition) is 2. The van der Waals surface area contributed by atoms with Crippen LogP contribution in [0, 0.1) is 11.6 Å². The largest absolute Gasteiger partial charge is 0.490 e. The molecule has 0 spiro atoms. The number of halogens is 2. The van der Waals surface area contributed by atoms with Crippen molar-refractivity contribution in [3.63, 3.8) is 0 Å². The van der Waals surface area contributed by atoms with E-state index in [1.54, 1.807) is 12.3 Å². The van der Waals surface area contributed by atoms with Crippen LogP contribution in [0.2, 0.25) is 0 Å². The molecule has 0 saturated carbocycles. The van der Waals surface area contributed by atoms with Crippen LogP contribution in [0.3, 0.4) is 0 Å². The Labute approximate surface area is 140 Å². The molecule has 0 radical (unpaired) electrons. The molecule has 0 aliphatic rings. The van der Waals surface area contributed by atoms with Gasteiger partial charge in [-0.1, -0.05) is 13.3 Å². The van der Waals surface area contributed by atoms with E-state index in [0.29, 0.717) is 37.8 Å². The van der Waals surface area contributed by atoms with Crippen molar-refractivity contribution in [3.05, 3.63) is 29.5 Å². The van der Waals surface area contributed by atoms with Gasteiger partial charge in [-0.2, -0.15) is 4.39 Å². The van der Waals surface area contributed by atoms with Crippen LogP contribution in [0.15, 0.2) is 12.3 Å². The van der Waals surface area contributed by atoms with Gasteiger partial charge in [0.05, 0.1) is 12.1 Å². The lowest BCUT2D eigenvalue weighted by molar-refractivity contribution is -0.121. The van der Waals surface area contributed by atoms with Crippen LogP contribution in [0.5, 0.6) is 5.75 Å². The fourth-order valence-electron chi connectivity index (χ4n) is 2.60. The lowest BCUT2D eigenvalue weighted by Crippen LogP contribution is -2.22. The predicted molar refractivity (Wildman–Crippen MR) is 90.2 cm³/mol. The summed E-state index contributed by atoms with van der Waals surface area (Å²) in [7, 11) is 0. The molecule has 0 bridgehead atoms. The van der Waals surface area contributed by atoms with Crippen molar-refractivity contribution < 1.29 is 18.3 Å². The van der Waals surface area contributed by atoms with E-state index < -0.39 is 11.6 Å². The molecule has 2 rings (SSSR count). The number of aromatic amines is 1. The van der Waals surface area contributed by atoms with Crippen LogP contribution in [0.1, 0.15) is 45.1 Å². The fourth-order valence-corrected chi connectivity index (χ4v) is 2.60. The Bertz CT molecular complexity index is 698. The summed E-state index contributed by atoms with van der Waals surface area (Å²) < 4.78 is 33.6. The maximum absolute atomic E-state index is 14.2. The van der Waals surface area contributed by atoms with E-state index in [9.17, 15) is 13.6 Å². The number of carbonyl (C=O) groups is 1. The molecule has 4 nitrogen and oxygen atoms in total. The first-order chi connectivity index (χ1) is 11.6. The van der Waals surface area contributed by atoms with Crippen molar-refractivity contribution in [2.24, 2.45) is 0 Å². The summed E-state index contributed by atoms with van der Waals surface area (Å²) in [6.45, 7) is 4.83. The molecule has 24 heavy (non-hydrogen) atoms. The Balaban J connectivity index is 2.15. The number of amides is 1. The highest BCUT2D eigenvalue weighted by Crippen LogP contribution is 2.31. The Morgan fingerprint density at radius 3 is 2.75 bits per heavy atom. The van der Waals surface area contributed by atoms with Crippen LogP contribution >= 0.6 is 0 Å². The molecule has 1 aromatic heterocycles. The van der Waals surface area contributed by atoms with Crippen molar-refractivity contribution in [1.29, 1.82) is 0 Å². The minimum atomic E-state index is -0.964. The average Bonchev–Trinajstić information content (AvgIpc) is 2.95. The quantitative estimate of drug-likeness (QED) is 0.677. The van der Waals surface area contributed by atoms with Crippen LogP contribution in [-0.2, 0) is 11.2 Å². The number of H-pyrrole nitrogens is 1. The topological polar surface area (TPSA) is 54.1 Å². The Morgan fingerprint density at radius 1 is 1.25 bits per heavy atom. The molecule has 1 aromatic carbocycles. The van der Waals surface area contributed by atoms with Crippen molar-refractivity contribution in [2.45, 2.75) is 46.0 Å². The second-order valence-corrected chi connectivity index (χ2v) is 5.75. The minimum Gasteiger partial charge on any atom is -0.490 e. The number of aryl methyl sites for hydroxylation is 1. The molecule has 132 valence electrons. The van der Waals surface area contributed by atoms with E-state index >= 15 is 0 Å². The van der Waals surface area contributed by atoms with Gasteiger partial charge < -0.3 is 15.0 Å². The predicted octanol–water partition coefficient (Wildman–Crippen LogP) is 4.08. The lowest BCUT2D eigenvalue weighted by Gasteiger charge is -2.08. The van der Waals surface area contributed by atoms with Gasteiger partial charge in [-0.05, 0) is 37.8 Å². The zero-order chi connectivity index (χ0) is 17.5. The van der Waals surface area contributed by atoms with Gasteiger partial charge in [0, 0.05) is 24.5 Å². The molecule has 2 aromatic rings. The monoisotopic (exact) mass is 338 g/mol. The SMILES string of the molecule is CCCCOc1cc2c(CCCC(=O)NCC)c[nH]c2c(F)c1F. The number of fused-ring (bicyclic) bond motifs is 1. The third-order valence-corrected chi connectivity index (χ3v) is 3.89. The van der Waals surface area contributed by atoms with Crippen LogP contribution in [0.25, 0.3) is 10.9 Å². The molecule has 1 heterocycles. The highest BCUT2D eigenvalue weighted by atomic mass is 19.2. The van der Waals surface area contributed by atoms with Crippen molar-refractivity contribution >= 4 is 16.8 Å². The summed E-state index contributed by atoms with van der Waals surface area (Å²) >= 11 is 0. The molecule has 0 atom stereocenters. The third kappa shape index (κ3) is 4.24. The summed E-state index contributed by atoms with van der Waals surface area (Å²) in [5.74, 6) is -1.94. The van der Waals surface area contributed by atoms with Gasteiger partial charge in [-0.15, -0.1) is 0 Å². The first-order valence-electron chi connectivity index (χ1n) is 8.45. The molecule has 0 fully saturated rings. The Kier molecular flexibility index (Phi) is 6.58. The zero-order valence-corrected chi connectivity index (χ0v) is 14.2. The zero-order valence-electron chi connectivity index (χ0n) is 14.2. The number of unbranched alkanes of at least 4 members (excludes halogenated alkanes) is 1. The van der Waals surface area contributed by atoms with Gasteiger partial charge in [-0.3, -0.25) is 4.79 Å². The first-order valence-corrected chi connectivity index (χ1v) is 8.45. The highest BCUT2D eigenvalue weighted by molar-refractivity contribution is 5.85. The smallest absolute Gasteiger partial charge is 0.219 e. The van der Waals surface area contributed by atoms with E-state index in [-0.39, 0.29) is 17.2 Å². The van der Waals surface area contributed by atoms with Crippen LogP contribution < -0.4 is 10.1 Å². The summed E-state index contributed by atoms with van der Waals surface area (Å²) in [5.41, 5.74) is 0.997. The van der Waals surface area contributed by atoms with Gasteiger partial charge >= 0.3 is 0 Å². The standard InChI is InChI=1S/C18H24F2N2O2/c1-3-5-9-24-14-10-13-12(7-6-8-15(23)21-4-2)11-22-18(13)17(20)16(14)19/h10-11,22H,3-9H2,1-2H3,(H,21,23). The van der Waals surface area contributed by atoms with Gasteiger partial charge in [0.15, 0.2) is 11.6 Å². The number of carbonyl (C=O) groups excluding carboxylic acids is 1. The molecule has 0 aliphatic heterocycles. The number of nitrogens with one attached hydrogen (secondary N) is 2. The molecule has 1 amide bonds. The molecule has 0 saturated heterocycles. The summed E-state index contributed by atoms with van der Waals surface area (Å²) in [5, 5.41) is 3.35. The second kappa shape index (κ2) is 8.66. The minimum absolute atomic E-state index is 0.00171. The maximum Gasteiger partial charge on any atom is 0.219 e. The first kappa shape index (κ1) is 18.2. The van der Waals surface area contributed by atoms with Gasteiger partial charge in [0.25, 0.3) is 0 Å². The summed E-state index contributed by atoms with van der Waals surface area (Å²) in [4.78, 5) is 14.3. The molecule has 0 unspecified atom stereocenters. The number of benzene rings is 1. The normalized spacial score (nSPS) is 11.0. The van der Waals surface area contributed by atoms with Crippen LogP contribution in [-0.4, -0.2) is 24.0 Å². The van der Waals surface area contributed by atoms with Crippen LogP contribution in [0.4, 0.5) is 8.78 Å². The molecule has 0 aliphatic carbocycles. The third-order valence-electron chi connectivity index (χ3n) is 3.89. The van der Waals surface area contributed by atoms with Crippen molar-refractivity contribution in [3.8, 4) is 5.75 Å². The van der Waals surface area contributed by atoms with E-state index in [2.05, 4.69) is 10.3 Å². The van der Waals surface area contributed by atoms with E-state index in [1.807, 2.05) is 13.8 Å². The highest BCUT2D eigenvalue weighted by Gasteiger charge is 2.18. The van der Waals surface area contributed by atoms with E-state index in [4.69, 9.17) is 4.74 Å². The number of ether oxygens (including phenoxy) is 1. The fraction of sp³-hybridized carbons (Fsp3) is 0.500. The van der Waals surface area contributed by atoms with Gasteiger partial charge in [0.1, 0.15) is 0 Å². The Hall–Kier alpha value is -2.11. The van der Waals surface area contributed by atoms with Crippen molar-refractivity contribution in [2.75, 3.05) is 13.2 Å².